The Bertz CT molecular complexity index is 1110. The lowest BCUT2D eigenvalue weighted by Gasteiger charge is -2.36. The standard InChI is InChI=1S/C27H30N2O5/c1-4-33-12-13-34-27(31)24-17(2)29-22-14-20(18-7-9-21(32-3)10-8-18)15-23(30)26(22)25(24)19-6-5-11-28-16-19/h5-11,16,20,25,29H,4,12-15H2,1-3H3/t20-,25-/m0/s1. The first-order valence-corrected chi connectivity index (χ1v) is 11.6. The van der Waals surface area contributed by atoms with Crippen LogP contribution in [0.3, 0.4) is 0 Å². The summed E-state index contributed by atoms with van der Waals surface area (Å²) in [6.45, 7) is 4.78. The fraction of sp³-hybridized carbons (Fsp3) is 0.370. The summed E-state index contributed by atoms with van der Waals surface area (Å²) >= 11 is 0. The van der Waals surface area contributed by atoms with E-state index >= 15 is 0 Å². The molecule has 2 aliphatic rings. The Morgan fingerprint density at radius 3 is 2.59 bits per heavy atom. The van der Waals surface area contributed by atoms with E-state index in [0.29, 0.717) is 42.9 Å². The van der Waals surface area contributed by atoms with Gasteiger partial charge >= 0.3 is 5.97 Å². The van der Waals surface area contributed by atoms with E-state index in [2.05, 4.69) is 10.3 Å². The highest BCUT2D eigenvalue weighted by Gasteiger charge is 2.41. The number of benzene rings is 1. The third-order valence-electron chi connectivity index (χ3n) is 6.32. The highest BCUT2D eigenvalue weighted by atomic mass is 16.6. The van der Waals surface area contributed by atoms with Crippen LogP contribution in [0.25, 0.3) is 0 Å². The normalized spacial score (nSPS) is 20.0. The number of pyridine rings is 1. The Balaban J connectivity index is 1.67. The predicted molar refractivity (Wildman–Crippen MR) is 127 cm³/mol. The molecule has 0 saturated carbocycles. The lowest BCUT2D eigenvalue weighted by Crippen LogP contribution is -2.36. The number of carbonyl (C=O) groups excluding carboxylic acids is 2. The van der Waals surface area contributed by atoms with Crippen molar-refractivity contribution < 1.29 is 23.8 Å². The van der Waals surface area contributed by atoms with Crippen molar-refractivity contribution in [1.82, 2.24) is 10.3 Å². The van der Waals surface area contributed by atoms with Gasteiger partial charge in [0.2, 0.25) is 0 Å². The Kier molecular flexibility index (Phi) is 7.43. The minimum absolute atomic E-state index is 0.0236. The van der Waals surface area contributed by atoms with Crippen molar-refractivity contribution in [3.8, 4) is 5.75 Å². The number of nitrogens with zero attached hydrogens (tertiary/aromatic N) is 1. The molecular weight excluding hydrogens is 432 g/mol. The molecule has 0 fully saturated rings. The van der Waals surface area contributed by atoms with Gasteiger partial charge in [-0.1, -0.05) is 18.2 Å². The molecule has 2 atom stereocenters. The topological polar surface area (TPSA) is 86.8 Å². The highest BCUT2D eigenvalue weighted by Crippen LogP contribution is 2.45. The molecule has 7 nitrogen and oxygen atoms in total. The van der Waals surface area contributed by atoms with Gasteiger partial charge in [0.1, 0.15) is 12.4 Å². The molecular formula is C27H30N2O5. The van der Waals surface area contributed by atoms with Crippen LogP contribution < -0.4 is 10.1 Å². The number of dihydropyridines is 1. The molecule has 1 aliphatic heterocycles. The van der Waals surface area contributed by atoms with Crippen LogP contribution in [0.1, 0.15) is 49.7 Å². The summed E-state index contributed by atoms with van der Waals surface area (Å²) in [6, 6.07) is 11.6. The third kappa shape index (κ3) is 4.89. The Hall–Kier alpha value is -3.45. The first kappa shape index (κ1) is 23.7. The molecule has 7 heteroatoms. The maximum atomic E-state index is 13.6. The second kappa shape index (κ2) is 10.7. The number of nitrogens with one attached hydrogen (secondary N) is 1. The van der Waals surface area contributed by atoms with E-state index in [4.69, 9.17) is 14.2 Å². The van der Waals surface area contributed by atoms with E-state index in [9.17, 15) is 9.59 Å². The number of methoxy groups -OCH3 is 1. The van der Waals surface area contributed by atoms with Gasteiger partial charge in [-0.05, 0) is 55.5 Å². The average Bonchev–Trinajstić information content (AvgIpc) is 2.86. The number of Topliss-reactive ketones (excluding diaryl/α,β-unsaturated/α-hetero) is 1. The van der Waals surface area contributed by atoms with Crippen molar-refractivity contribution in [2.24, 2.45) is 0 Å². The largest absolute Gasteiger partial charge is 0.497 e. The minimum atomic E-state index is -0.520. The van der Waals surface area contributed by atoms with Gasteiger partial charge in [-0.3, -0.25) is 9.78 Å². The third-order valence-corrected chi connectivity index (χ3v) is 6.32. The molecule has 0 spiro atoms. The Morgan fingerprint density at radius 1 is 1.12 bits per heavy atom. The van der Waals surface area contributed by atoms with Gasteiger partial charge < -0.3 is 19.5 Å². The summed E-state index contributed by atoms with van der Waals surface area (Å²) in [5, 5.41) is 3.36. The lowest BCUT2D eigenvalue weighted by molar-refractivity contribution is -0.140. The fourth-order valence-electron chi connectivity index (χ4n) is 4.72. The first-order chi connectivity index (χ1) is 16.5. The first-order valence-electron chi connectivity index (χ1n) is 11.6. The molecule has 1 N–H and O–H groups in total. The lowest BCUT2D eigenvalue weighted by atomic mass is 9.72. The van der Waals surface area contributed by atoms with Gasteiger partial charge in [0.05, 0.1) is 19.3 Å². The van der Waals surface area contributed by atoms with Gasteiger partial charge in [-0.15, -0.1) is 0 Å². The zero-order valence-electron chi connectivity index (χ0n) is 19.8. The van der Waals surface area contributed by atoms with Crippen LogP contribution in [0.4, 0.5) is 0 Å². The number of ketones is 1. The van der Waals surface area contributed by atoms with Crippen LogP contribution >= 0.6 is 0 Å². The molecule has 0 saturated heterocycles. The summed E-state index contributed by atoms with van der Waals surface area (Å²) < 4.78 is 16.1. The highest BCUT2D eigenvalue weighted by molar-refractivity contribution is 6.04. The Morgan fingerprint density at radius 2 is 1.91 bits per heavy atom. The molecule has 34 heavy (non-hydrogen) atoms. The van der Waals surface area contributed by atoms with E-state index < -0.39 is 11.9 Å². The van der Waals surface area contributed by atoms with Crippen LogP contribution in [0.5, 0.6) is 5.75 Å². The number of hydrogen-bond donors (Lipinski definition) is 1. The zero-order chi connectivity index (χ0) is 24.1. The number of aromatic nitrogens is 1. The van der Waals surface area contributed by atoms with E-state index in [1.165, 1.54) is 0 Å². The maximum Gasteiger partial charge on any atom is 0.336 e. The summed E-state index contributed by atoms with van der Waals surface area (Å²) in [7, 11) is 1.63. The molecule has 0 radical (unpaired) electrons. The number of rotatable bonds is 8. The number of hydrogen-bond acceptors (Lipinski definition) is 7. The summed E-state index contributed by atoms with van der Waals surface area (Å²) in [6.07, 6.45) is 4.44. The number of ether oxygens (including phenoxy) is 3. The van der Waals surface area contributed by atoms with Gasteiger partial charge in [0.25, 0.3) is 0 Å². The molecule has 4 rings (SSSR count). The summed E-state index contributed by atoms with van der Waals surface area (Å²) in [4.78, 5) is 30.9. The van der Waals surface area contributed by atoms with Crippen LogP contribution in [0.2, 0.25) is 0 Å². The van der Waals surface area contributed by atoms with E-state index in [-0.39, 0.29) is 18.3 Å². The van der Waals surface area contributed by atoms with Crippen molar-refractivity contribution in [3.05, 3.63) is 82.5 Å². The van der Waals surface area contributed by atoms with Crippen LogP contribution in [0.15, 0.2) is 71.3 Å². The smallest absolute Gasteiger partial charge is 0.336 e. The van der Waals surface area contributed by atoms with Gasteiger partial charge in [-0.2, -0.15) is 0 Å². The molecule has 0 bridgehead atoms. The molecule has 1 aliphatic carbocycles. The van der Waals surface area contributed by atoms with Crippen LogP contribution in [-0.4, -0.2) is 43.7 Å². The van der Waals surface area contributed by atoms with Crippen molar-refractivity contribution in [3.63, 3.8) is 0 Å². The van der Waals surface area contributed by atoms with E-state index in [1.807, 2.05) is 50.2 Å². The van der Waals surface area contributed by atoms with Gasteiger partial charge in [0, 0.05) is 48.3 Å². The van der Waals surface area contributed by atoms with Gasteiger partial charge in [-0.25, -0.2) is 4.79 Å². The molecule has 1 aromatic carbocycles. The number of carbonyl (C=O) groups is 2. The second-order valence-corrected chi connectivity index (χ2v) is 8.41. The average molecular weight is 463 g/mol. The molecule has 1 aromatic heterocycles. The summed E-state index contributed by atoms with van der Waals surface area (Å²) in [5.41, 5.74) is 4.50. The van der Waals surface area contributed by atoms with Crippen molar-refractivity contribution in [2.45, 2.75) is 38.5 Å². The maximum absolute atomic E-state index is 13.6. The number of esters is 1. The monoisotopic (exact) mass is 462 g/mol. The van der Waals surface area contributed by atoms with Gasteiger partial charge in [0.15, 0.2) is 5.78 Å². The van der Waals surface area contributed by atoms with Crippen molar-refractivity contribution in [1.29, 1.82) is 0 Å². The predicted octanol–water partition coefficient (Wildman–Crippen LogP) is 4.03. The quantitative estimate of drug-likeness (QED) is 0.468. The fourth-order valence-corrected chi connectivity index (χ4v) is 4.72. The molecule has 2 heterocycles. The zero-order valence-corrected chi connectivity index (χ0v) is 19.8. The van der Waals surface area contributed by atoms with E-state index in [0.717, 1.165) is 22.6 Å². The summed E-state index contributed by atoms with van der Waals surface area (Å²) in [5.74, 6) is -0.115. The minimum Gasteiger partial charge on any atom is -0.497 e. The molecule has 2 aromatic rings. The number of allylic oxidation sites excluding steroid dienone is 3. The Labute approximate surface area is 199 Å². The molecule has 178 valence electrons. The van der Waals surface area contributed by atoms with Crippen molar-refractivity contribution in [2.75, 3.05) is 26.9 Å². The van der Waals surface area contributed by atoms with Crippen LogP contribution in [-0.2, 0) is 19.1 Å². The van der Waals surface area contributed by atoms with Crippen molar-refractivity contribution >= 4 is 11.8 Å². The second-order valence-electron chi connectivity index (χ2n) is 8.41. The SMILES string of the molecule is CCOCCOC(=O)C1=C(C)NC2=C(C(=O)C[C@@H](c3ccc(OC)cc3)C2)[C@H]1c1cccnc1. The van der Waals surface area contributed by atoms with Crippen LogP contribution in [0, 0.1) is 0 Å². The molecule has 0 unspecified atom stereocenters. The molecule has 0 amide bonds. The van der Waals surface area contributed by atoms with E-state index in [1.54, 1.807) is 19.5 Å².